The van der Waals surface area contributed by atoms with Gasteiger partial charge in [0, 0.05) is 23.3 Å². The van der Waals surface area contributed by atoms with Gasteiger partial charge >= 0.3 is 5.97 Å². The highest BCUT2D eigenvalue weighted by atomic mass is 16.5. The molecule has 23 heavy (non-hydrogen) atoms. The lowest BCUT2D eigenvalue weighted by Crippen LogP contribution is -2.04. The van der Waals surface area contributed by atoms with Crippen LogP contribution in [-0.4, -0.2) is 29.7 Å². The van der Waals surface area contributed by atoms with Gasteiger partial charge in [-0.05, 0) is 31.2 Å². The van der Waals surface area contributed by atoms with E-state index in [1.165, 1.54) is 0 Å². The minimum Gasteiger partial charge on any atom is -0.497 e. The second-order valence-electron chi connectivity index (χ2n) is 4.88. The van der Waals surface area contributed by atoms with Gasteiger partial charge in [0.05, 0.1) is 19.4 Å². The van der Waals surface area contributed by atoms with Gasteiger partial charge in [-0.1, -0.05) is 6.07 Å². The van der Waals surface area contributed by atoms with Crippen LogP contribution >= 0.6 is 0 Å². The van der Waals surface area contributed by atoms with Crippen molar-refractivity contribution in [3.05, 3.63) is 48.3 Å². The first-order valence-corrected chi connectivity index (χ1v) is 7.27. The Kier molecular flexibility index (Phi) is 4.14. The van der Waals surface area contributed by atoms with Crippen LogP contribution in [0.1, 0.15) is 17.4 Å². The summed E-state index contributed by atoms with van der Waals surface area (Å²) >= 11 is 0. The van der Waals surface area contributed by atoms with Gasteiger partial charge < -0.3 is 19.8 Å². The molecule has 0 amide bonds. The van der Waals surface area contributed by atoms with Crippen LogP contribution in [0.25, 0.3) is 11.0 Å². The third kappa shape index (κ3) is 3.11. The average molecular weight is 311 g/mol. The lowest BCUT2D eigenvalue weighted by atomic mass is 10.2. The molecule has 0 fully saturated rings. The zero-order valence-corrected chi connectivity index (χ0v) is 12.9. The zero-order valence-electron chi connectivity index (χ0n) is 12.9. The van der Waals surface area contributed by atoms with E-state index < -0.39 is 5.97 Å². The Hall–Kier alpha value is -3.02. The van der Waals surface area contributed by atoms with Crippen LogP contribution in [0.3, 0.4) is 0 Å². The molecule has 1 aromatic carbocycles. The summed E-state index contributed by atoms with van der Waals surface area (Å²) in [5.74, 6) is 0.374. The van der Waals surface area contributed by atoms with E-state index in [1.54, 1.807) is 26.3 Å². The average Bonchev–Trinajstić information content (AvgIpc) is 3.01. The van der Waals surface area contributed by atoms with E-state index in [9.17, 15) is 4.79 Å². The molecule has 2 N–H and O–H groups in total. The summed E-state index contributed by atoms with van der Waals surface area (Å²) in [6, 6.07) is 11.2. The molecule has 0 spiro atoms. The summed E-state index contributed by atoms with van der Waals surface area (Å²) < 4.78 is 10.2. The fourth-order valence-electron chi connectivity index (χ4n) is 2.31. The first kappa shape index (κ1) is 14.9. The molecule has 0 unspecified atom stereocenters. The lowest BCUT2D eigenvalue weighted by molar-refractivity contribution is 0.0520. The fourth-order valence-corrected chi connectivity index (χ4v) is 2.31. The van der Waals surface area contributed by atoms with Crippen molar-refractivity contribution in [3.63, 3.8) is 0 Å². The maximum absolute atomic E-state index is 11.8. The zero-order chi connectivity index (χ0) is 16.2. The minimum atomic E-state index is -0.391. The van der Waals surface area contributed by atoms with E-state index in [2.05, 4.69) is 15.3 Å². The topological polar surface area (TPSA) is 76.2 Å². The quantitative estimate of drug-likeness (QED) is 0.705. The van der Waals surface area contributed by atoms with Crippen LogP contribution in [0.4, 0.5) is 11.4 Å². The number of pyridine rings is 1. The van der Waals surface area contributed by atoms with Gasteiger partial charge in [-0.15, -0.1) is 0 Å². The normalized spacial score (nSPS) is 10.5. The Balaban J connectivity index is 1.95. The number of H-pyrrole nitrogens is 1. The predicted octanol–water partition coefficient (Wildman–Crippen LogP) is 3.49. The summed E-state index contributed by atoms with van der Waals surface area (Å²) in [6.45, 7) is 2.10. The third-order valence-electron chi connectivity index (χ3n) is 3.38. The number of hydrogen-bond donors (Lipinski definition) is 2. The maximum atomic E-state index is 11.8. The number of nitrogens with zero attached hydrogens (tertiary/aromatic N) is 1. The molecule has 118 valence electrons. The van der Waals surface area contributed by atoms with Crippen molar-refractivity contribution >= 4 is 28.4 Å². The van der Waals surface area contributed by atoms with Gasteiger partial charge in [0.1, 0.15) is 17.1 Å². The Morgan fingerprint density at radius 2 is 2.17 bits per heavy atom. The van der Waals surface area contributed by atoms with E-state index in [0.29, 0.717) is 17.9 Å². The largest absolute Gasteiger partial charge is 0.497 e. The number of esters is 1. The number of fused-ring (bicyclic) bond motifs is 1. The number of carbonyl (C=O) groups is 1. The molecular formula is C17H17N3O3. The first-order valence-electron chi connectivity index (χ1n) is 7.27. The van der Waals surface area contributed by atoms with Crippen molar-refractivity contribution in [1.29, 1.82) is 0 Å². The van der Waals surface area contributed by atoms with E-state index >= 15 is 0 Å². The Bertz CT molecular complexity index is 842. The molecule has 0 aliphatic heterocycles. The molecule has 6 nitrogen and oxygen atoms in total. The predicted molar refractivity (Wildman–Crippen MR) is 88.3 cm³/mol. The number of aromatic amines is 1. The van der Waals surface area contributed by atoms with Gasteiger partial charge in [0.25, 0.3) is 0 Å². The van der Waals surface area contributed by atoms with Crippen LogP contribution in [0.15, 0.2) is 42.6 Å². The fraction of sp³-hybridized carbons (Fsp3) is 0.176. The van der Waals surface area contributed by atoms with Crippen LogP contribution in [0.2, 0.25) is 0 Å². The first-order chi connectivity index (χ1) is 11.2. The number of hydrogen-bond acceptors (Lipinski definition) is 5. The highest BCUT2D eigenvalue weighted by Gasteiger charge is 2.13. The second kappa shape index (κ2) is 6.39. The Morgan fingerprint density at radius 3 is 2.96 bits per heavy atom. The number of rotatable bonds is 5. The van der Waals surface area contributed by atoms with Crippen molar-refractivity contribution in [2.24, 2.45) is 0 Å². The van der Waals surface area contributed by atoms with Crippen LogP contribution in [0, 0.1) is 0 Å². The van der Waals surface area contributed by atoms with Crippen LogP contribution in [0.5, 0.6) is 5.75 Å². The summed E-state index contributed by atoms with van der Waals surface area (Å²) in [4.78, 5) is 19.1. The molecule has 0 aliphatic carbocycles. The van der Waals surface area contributed by atoms with Crippen molar-refractivity contribution in [1.82, 2.24) is 9.97 Å². The van der Waals surface area contributed by atoms with Gasteiger partial charge in [0.2, 0.25) is 0 Å². The molecular weight excluding hydrogens is 294 g/mol. The van der Waals surface area contributed by atoms with Crippen molar-refractivity contribution < 1.29 is 14.3 Å². The highest BCUT2D eigenvalue weighted by Crippen LogP contribution is 2.27. The molecule has 0 saturated carbocycles. The Morgan fingerprint density at radius 1 is 1.30 bits per heavy atom. The summed E-state index contributed by atoms with van der Waals surface area (Å²) in [7, 11) is 1.63. The van der Waals surface area contributed by atoms with Crippen molar-refractivity contribution in [2.45, 2.75) is 6.92 Å². The summed E-state index contributed by atoms with van der Waals surface area (Å²) in [5.41, 5.74) is 2.74. The molecule has 0 aliphatic rings. The SMILES string of the molecule is CCOC(=O)c1cc2c(Nc3cccc(OC)c3)ccnc2[nH]1. The Labute approximate surface area is 133 Å². The summed E-state index contributed by atoms with van der Waals surface area (Å²) in [6.07, 6.45) is 1.68. The molecule has 3 aromatic rings. The van der Waals surface area contributed by atoms with Crippen molar-refractivity contribution in [2.75, 3.05) is 19.0 Å². The molecule has 3 rings (SSSR count). The number of carbonyl (C=O) groups excluding carboxylic acids is 1. The number of nitrogens with one attached hydrogen (secondary N) is 2. The third-order valence-corrected chi connectivity index (χ3v) is 3.38. The molecule has 0 bridgehead atoms. The molecule has 0 radical (unpaired) electrons. The number of methoxy groups -OCH3 is 1. The minimum absolute atomic E-state index is 0.330. The van der Waals surface area contributed by atoms with Gasteiger partial charge in [0.15, 0.2) is 0 Å². The number of aromatic nitrogens is 2. The standard InChI is InChI=1S/C17H17N3O3/c1-3-23-17(21)15-10-13-14(7-8-18-16(13)20-15)19-11-5-4-6-12(9-11)22-2/h4-10H,3H2,1-2H3,(H2,18,19,20). The number of benzene rings is 1. The summed E-state index contributed by atoms with van der Waals surface area (Å²) in [5, 5.41) is 4.13. The van der Waals surface area contributed by atoms with Gasteiger partial charge in [-0.25, -0.2) is 9.78 Å². The van der Waals surface area contributed by atoms with Gasteiger partial charge in [-0.2, -0.15) is 0 Å². The number of ether oxygens (including phenoxy) is 2. The molecule has 2 aromatic heterocycles. The molecule has 0 atom stereocenters. The monoisotopic (exact) mass is 311 g/mol. The number of anilines is 2. The maximum Gasteiger partial charge on any atom is 0.354 e. The second-order valence-corrected chi connectivity index (χ2v) is 4.88. The van der Waals surface area contributed by atoms with Gasteiger partial charge in [-0.3, -0.25) is 0 Å². The van der Waals surface area contributed by atoms with Crippen LogP contribution < -0.4 is 10.1 Å². The van der Waals surface area contributed by atoms with Crippen molar-refractivity contribution in [3.8, 4) is 5.75 Å². The smallest absolute Gasteiger partial charge is 0.354 e. The lowest BCUT2D eigenvalue weighted by Gasteiger charge is -2.08. The molecule has 2 heterocycles. The highest BCUT2D eigenvalue weighted by molar-refractivity contribution is 5.99. The molecule has 0 saturated heterocycles. The van der Waals surface area contributed by atoms with E-state index in [-0.39, 0.29) is 0 Å². The van der Waals surface area contributed by atoms with E-state index in [1.807, 2.05) is 30.3 Å². The van der Waals surface area contributed by atoms with E-state index in [4.69, 9.17) is 9.47 Å². The van der Waals surface area contributed by atoms with Crippen LogP contribution in [-0.2, 0) is 4.74 Å². The molecule has 6 heteroatoms. The van der Waals surface area contributed by atoms with E-state index in [0.717, 1.165) is 22.5 Å².